The SMILES string of the molecule is CS(=O)(=O)c1nc(NCc2ccccc2)c([N+](=O)[O-])c(Oc2cc(C#N)ccc2C(=O)O)n1. The molecule has 0 amide bonds. The molecule has 13 heteroatoms. The maximum atomic E-state index is 12.1. The Morgan fingerprint density at radius 3 is 2.52 bits per heavy atom. The van der Waals surface area contributed by atoms with Gasteiger partial charge in [-0.2, -0.15) is 15.2 Å². The lowest BCUT2D eigenvalue weighted by molar-refractivity contribution is -0.385. The van der Waals surface area contributed by atoms with Crippen LogP contribution in [-0.2, 0) is 16.4 Å². The fourth-order valence-electron chi connectivity index (χ4n) is 2.68. The first kappa shape index (κ1) is 23.1. The number of aromatic carboxylic acids is 1. The third kappa shape index (κ3) is 5.38. The molecule has 0 atom stereocenters. The van der Waals surface area contributed by atoms with E-state index in [2.05, 4.69) is 15.3 Å². The summed E-state index contributed by atoms with van der Waals surface area (Å²) in [4.78, 5) is 29.9. The molecule has 1 heterocycles. The molecule has 0 aliphatic rings. The van der Waals surface area contributed by atoms with E-state index < -0.39 is 54.6 Å². The number of hydrogen-bond acceptors (Lipinski definition) is 10. The van der Waals surface area contributed by atoms with Crippen LogP contribution < -0.4 is 10.1 Å². The first-order valence-electron chi connectivity index (χ1n) is 9.09. The number of nitrogens with one attached hydrogen (secondary N) is 1. The number of sulfone groups is 1. The Hall–Kier alpha value is -4.57. The lowest BCUT2D eigenvalue weighted by atomic mass is 10.1. The fourth-order valence-corrected chi connectivity index (χ4v) is 3.18. The Bertz CT molecular complexity index is 1390. The number of rotatable bonds is 8. The molecule has 0 spiro atoms. The van der Waals surface area contributed by atoms with Crippen molar-refractivity contribution in [3.8, 4) is 17.7 Å². The van der Waals surface area contributed by atoms with Crippen molar-refractivity contribution in [3.63, 3.8) is 0 Å². The molecule has 1 aromatic heterocycles. The molecule has 33 heavy (non-hydrogen) atoms. The minimum atomic E-state index is -4.04. The van der Waals surface area contributed by atoms with E-state index in [-0.39, 0.29) is 12.1 Å². The molecule has 168 valence electrons. The molecular formula is C20H15N5O7S. The highest BCUT2D eigenvalue weighted by Crippen LogP contribution is 2.37. The zero-order valence-electron chi connectivity index (χ0n) is 16.9. The summed E-state index contributed by atoms with van der Waals surface area (Å²) >= 11 is 0. The van der Waals surface area contributed by atoms with Gasteiger partial charge in [-0.05, 0) is 23.8 Å². The Labute approximate surface area is 187 Å². The Morgan fingerprint density at radius 2 is 1.94 bits per heavy atom. The molecule has 3 rings (SSSR count). The predicted octanol–water partition coefficient (Wildman–Crippen LogP) is 2.76. The monoisotopic (exact) mass is 469 g/mol. The van der Waals surface area contributed by atoms with Crippen LogP contribution >= 0.6 is 0 Å². The topological polar surface area (TPSA) is 185 Å². The number of hydrogen-bond donors (Lipinski definition) is 2. The number of nitriles is 1. The quantitative estimate of drug-likeness (QED) is 0.281. The van der Waals surface area contributed by atoms with Gasteiger partial charge >= 0.3 is 17.5 Å². The molecule has 0 aliphatic heterocycles. The van der Waals surface area contributed by atoms with Gasteiger partial charge < -0.3 is 15.2 Å². The summed E-state index contributed by atoms with van der Waals surface area (Å²) in [6.45, 7) is 0.0611. The zero-order chi connectivity index (χ0) is 24.2. The van der Waals surface area contributed by atoms with Crippen LogP contribution in [0.15, 0.2) is 53.7 Å². The minimum Gasteiger partial charge on any atom is -0.478 e. The largest absolute Gasteiger partial charge is 0.478 e. The van der Waals surface area contributed by atoms with Crippen molar-refractivity contribution in [1.29, 1.82) is 5.26 Å². The smallest absolute Gasteiger partial charge is 0.373 e. The Kier molecular flexibility index (Phi) is 6.50. The molecule has 0 bridgehead atoms. The van der Waals surface area contributed by atoms with Gasteiger partial charge in [-0.15, -0.1) is 0 Å². The molecule has 2 aromatic carbocycles. The third-order valence-corrected chi connectivity index (χ3v) is 5.04. The molecule has 0 radical (unpaired) electrons. The van der Waals surface area contributed by atoms with Crippen molar-refractivity contribution in [2.45, 2.75) is 11.7 Å². The molecule has 0 fully saturated rings. The number of carboxylic acid groups (broad SMARTS) is 1. The summed E-state index contributed by atoms with van der Waals surface area (Å²) in [5, 5.41) is 32.3. The Balaban J connectivity index is 2.17. The second-order valence-electron chi connectivity index (χ2n) is 6.61. The fraction of sp³-hybridized carbons (Fsp3) is 0.100. The number of carbonyl (C=O) groups is 1. The van der Waals surface area contributed by atoms with Crippen LogP contribution in [0.4, 0.5) is 11.5 Å². The molecule has 2 N–H and O–H groups in total. The molecule has 0 aliphatic carbocycles. The standard InChI is InChI=1S/C20H15N5O7S/c1-33(30,31)20-23-17(22-11-12-5-3-2-4-6-12)16(25(28)29)18(24-20)32-15-9-13(10-21)7-8-14(15)19(26)27/h2-9H,11H2,1H3,(H,26,27)(H,22,23,24). The van der Waals surface area contributed by atoms with Gasteiger partial charge in [-0.3, -0.25) is 10.1 Å². The summed E-state index contributed by atoms with van der Waals surface area (Å²) in [7, 11) is -4.04. The average molecular weight is 469 g/mol. The summed E-state index contributed by atoms with van der Waals surface area (Å²) < 4.78 is 29.6. The summed E-state index contributed by atoms with van der Waals surface area (Å²) in [5.41, 5.74) is -0.486. The highest BCUT2D eigenvalue weighted by atomic mass is 32.2. The average Bonchev–Trinajstić information content (AvgIpc) is 2.77. The van der Waals surface area contributed by atoms with Gasteiger partial charge in [0, 0.05) is 12.8 Å². The Morgan fingerprint density at radius 1 is 1.24 bits per heavy atom. The maximum absolute atomic E-state index is 12.1. The van der Waals surface area contributed by atoms with Crippen LogP contribution in [0.2, 0.25) is 0 Å². The van der Waals surface area contributed by atoms with E-state index in [1.54, 1.807) is 36.4 Å². The predicted molar refractivity (Wildman–Crippen MR) is 114 cm³/mol. The van der Waals surface area contributed by atoms with E-state index in [0.29, 0.717) is 0 Å². The zero-order valence-corrected chi connectivity index (χ0v) is 17.7. The summed E-state index contributed by atoms with van der Waals surface area (Å²) in [6, 6.07) is 13.9. The van der Waals surface area contributed by atoms with Crippen LogP contribution in [0.1, 0.15) is 21.5 Å². The molecule has 0 unspecified atom stereocenters. The highest BCUT2D eigenvalue weighted by molar-refractivity contribution is 7.90. The minimum absolute atomic E-state index is 0.0115. The lowest BCUT2D eigenvalue weighted by Crippen LogP contribution is -2.13. The number of benzene rings is 2. The number of aromatic nitrogens is 2. The summed E-state index contributed by atoms with van der Waals surface area (Å²) in [6.07, 6.45) is 0.803. The third-order valence-electron chi connectivity index (χ3n) is 4.20. The van der Waals surface area contributed by atoms with Gasteiger partial charge in [-0.25, -0.2) is 13.2 Å². The van der Waals surface area contributed by atoms with Crippen LogP contribution in [0, 0.1) is 21.4 Å². The van der Waals surface area contributed by atoms with Crippen molar-refractivity contribution >= 4 is 27.3 Å². The number of ether oxygens (including phenoxy) is 1. The van der Waals surface area contributed by atoms with E-state index in [4.69, 9.17) is 10.00 Å². The van der Waals surface area contributed by atoms with Gasteiger partial charge in [0.05, 0.1) is 16.6 Å². The van der Waals surface area contributed by atoms with Crippen LogP contribution in [0.25, 0.3) is 0 Å². The second-order valence-corrected chi connectivity index (χ2v) is 8.52. The molecule has 12 nitrogen and oxygen atoms in total. The van der Waals surface area contributed by atoms with E-state index in [1.807, 2.05) is 0 Å². The number of carboxylic acids is 1. The molecular weight excluding hydrogens is 454 g/mol. The van der Waals surface area contributed by atoms with Crippen molar-refractivity contribution in [3.05, 3.63) is 75.3 Å². The first-order chi connectivity index (χ1) is 15.6. The van der Waals surface area contributed by atoms with E-state index in [1.165, 1.54) is 6.07 Å². The van der Waals surface area contributed by atoms with Crippen LogP contribution in [0.5, 0.6) is 11.6 Å². The first-order valence-corrected chi connectivity index (χ1v) is 11.0. The van der Waals surface area contributed by atoms with Crippen molar-refractivity contribution in [2.24, 2.45) is 0 Å². The number of nitrogens with zero attached hydrogens (tertiary/aromatic N) is 4. The maximum Gasteiger partial charge on any atom is 0.373 e. The van der Waals surface area contributed by atoms with Gasteiger partial charge in [0.15, 0.2) is 0 Å². The van der Waals surface area contributed by atoms with Crippen molar-refractivity contribution < 1.29 is 28.0 Å². The normalized spacial score (nSPS) is 10.8. The van der Waals surface area contributed by atoms with Crippen LogP contribution in [0.3, 0.4) is 0 Å². The van der Waals surface area contributed by atoms with Gasteiger partial charge in [0.2, 0.25) is 15.7 Å². The molecule has 3 aromatic rings. The molecule has 0 saturated carbocycles. The van der Waals surface area contributed by atoms with Gasteiger partial charge in [-0.1, -0.05) is 30.3 Å². The second kappa shape index (κ2) is 9.28. The van der Waals surface area contributed by atoms with Crippen LogP contribution in [-0.4, -0.2) is 40.6 Å². The van der Waals surface area contributed by atoms with Crippen molar-refractivity contribution in [1.82, 2.24) is 9.97 Å². The highest BCUT2D eigenvalue weighted by Gasteiger charge is 2.30. The van der Waals surface area contributed by atoms with Gasteiger partial charge in [0.25, 0.3) is 5.16 Å². The van der Waals surface area contributed by atoms with E-state index >= 15 is 0 Å². The number of nitro groups is 1. The van der Waals surface area contributed by atoms with Crippen molar-refractivity contribution in [2.75, 3.05) is 11.6 Å². The van der Waals surface area contributed by atoms with E-state index in [9.17, 15) is 28.4 Å². The lowest BCUT2D eigenvalue weighted by Gasteiger charge is -2.12. The molecule has 0 saturated heterocycles. The number of anilines is 1. The summed E-state index contributed by atoms with van der Waals surface area (Å²) in [5.74, 6) is -3.11. The van der Waals surface area contributed by atoms with Gasteiger partial charge in [0.1, 0.15) is 11.3 Å². The van der Waals surface area contributed by atoms with E-state index in [0.717, 1.165) is 24.0 Å².